The van der Waals surface area contributed by atoms with Gasteiger partial charge in [0, 0.05) is 23.4 Å². The summed E-state index contributed by atoms with van der Waals surface area (Å²) < 4.78 is 0. The maximum atomic E-state index is 4.78. The molecule has 0 fully saturated rings. The molecule has 0 saturated carbocycles. The quantitative estimate of drug-likeness (QED) is 0.165. The summed E-state index contributed by atoms with van der Waals surface area (Å²) in [6, 6.07) is 44.1. The number of anilines is 3. The fourth-order valence-corrected chi connectivity index (χ4v) is 7.75. The topological polar surface area (TPSA) is 29.0 Å². The highest BCUT2D eigenvalue weighted by atomic mass is 15.2. The molecule has 48 heavy (non-hydrogen) atoms. The molecule has 0 N–H and O–H groups in total. The Hall–Kier alpha value is -5.54. The minimum atomic E-state index is 0.105. The molecule has 0 aliphatic rings. The van der Waals surface area contributed by atoms with E-state index in [2.05, 4.69) is 167 Å². The fourth-order valence-electron chi connectivity index (χ4n) is 7.75. The summed E-state index contributed by atoms with van der Waals surface area (Å²) in [5, 5.41) is 2.40. The number of nitrogens with zero attached hydrogens (tertiary/aromatic N) is 3. The van der Waals surface area contributed by atoms with Crippen molar-refractivity contribution < 1.29 is 0 Å². The highest BCUT2D eigenvalue weighted by molar-refractivity contribution is 6.05. The Labute approximate surface area is 284 Å². The second-order valence-corrected chi connectivity index (χ2v) is 13.1. The minimum absolute atomic E-state index is 0.105. The third-order valence-corrected chi connectivity index (χ3v) is 9.54. The van der Waals surface area contributed by atoms with Crippen LogP contribution in [0.1, 0.15) is 56.0 Å². The Morgan fingerprint density at radius 3 is 1.73 bits per heavy atom. The van der Waals surface area contributed by atoms with Crippen LogP contribution in [0.15, 0.2) is 134 Å². The molecule has 1 heterocycles. The average molecular weight is 624 g/mol. The molecule has 6 aromatic carbocycles. The lowest BCUT2D eigenvalue weighted by Gasteiger charge is -2.29. The van der Waals surface area contributed by atoms with E-state index < -0.39 is 0 Å². The number of benzene rings is 6. The van der Waals surface area contributed by atoms with Crippen molar-refractivity contribution in [2.75, 3.05) is 4.90 Å². The van der Waals surface area contributed by atoms with Crippen molar-refractivity contribution in [3.8, 4) is 11.1 Å². The highest BCUT2D eigenvalue weighted by Crippen LogP contribution is 2.45. The smallest absolute Gasteiger partial charge is 0.140 e. The van der Waals surface area contributed by atoms with Crippen molar-refractivity contribution in [1.29, 1.82) is 0 Å². The van der Waals surface area contributed by atoms with Crippen LogP contribution in [-0.2, 0) is 0 Å². The lowest BCUT2D eigenvalue weighted by Crippen LogP contribution is -2.14. The molecule has 3 nitrogen and oxygen atoms in total. The van der Waals surface area contributed by atoms with Crippen LogP contribution in [0, 0.1) is 41.5 Å². The van der Waals surface area contributed by atoms with E-state index in [0.29, 0.717) is 0 Å². The van der Waals surface area contributed by atoms with Gasteiger partial charge in [-0.2, -0.15) is 0 Å². The number of aromatic nitrogens is 2. The van der Waals surface area contributed by atoms with E-state index in [0.717, 1.165) is 22.8 Å². The monoisotopic (exact) mass is 623 g/mol. The lowest BCUT2D eigenvalue weighted by atomic mass is 9.77. The van der Waals surface area contributed by atoms with E-state index in [-0.39, 0.29) is 5.92 Å². The van der Waals surface area contributed by atoms with Gasteiger partial charge in [0.05, 0.1) is 5.69 Å². The van der Waals surface area contributed by atoms with Gasteiger partial charge in [0.25, 0.3) is 0 Å². The van der Waals surface area contributed by atoms with E-state index in [1.807, 2.05) is 12.3 Å². The largest absolute Gasteiger partial charge is 0.294 e. The van der Waals surface area contributed by atoms with Gasteiger partial charge < -0.3 is 0 Å². The van der Waals surface area contributed by atoms with E-state index >= 15 is 0 Å². The van der Waals surface area contributed by atoms with Crippen molar-refractivity contribution in [3.05, 3.63) is 184 Å². The van der Waals surface area contributed by atoms with Crippen LogP contribution in [0.4, 0.5) is 17.2 Å². The second kappa shape index (κ2) is 12.9. The predicted molar refractivity (Wildman–Crippen MR) is 202 cm³/mol. The molecule has 3 heteroatoms. The molecular weight excluding hydrogens is 583 g/mol. The van der Waals surface area contributed by atoms with E-state index in [4.69, 9.17) is 4.98 Å². The number of fused-ring (bicyclic) bond motifs is 1. The molecule has 0 amide bonds. The van der Waals surface area contributed by atoms with Crippen LogP contribution in [0.25, 0.3) is 21.9 Å². The first-order chi connectivity index (χ1) is 23.3. The molecule has 7 rings (SSSR count). The standard InChI is InChI=1S/C45H41N3/c1-29-24-31(3)42(32(4)25-29)45(43-33(5)26-30(2)27-34(43)6)37-16-19-38(20-17-37)48(41-22-23-46-28-47-41)40-21-18-35-12-10-11-15-39(35)44(40)36-13-8-7-9-14-36/h7-28,45H,1-6H3. The first kappa shape index (κ1) is 31.1. The zero-order chi connectivity index (χ0) is 33.4. The number of hydrogen-bond acceptors (Lipinski definition) is 3. The zero-order valence-electron chi connectivity index (χ0n) is 28.6. The maximum Gasteiger partial charge on any atom is 0.140 e. The predicted octanol–water partition coefficient (Wildman–Crippen LogP) is 11.8. The van der Waals surface area contributed by atoms with Crippen LogP contribution in [0.5, 0.6) is 0 Å². The van der Waals surface area contributed by atoms with Crippen molar-refractivity contribution in [1.82, 2.24) is 9.97 Å². The van der Waals surface area contributed by atoms with Crippen molar-refractivity contribution in [3.63, 3.8) is 0 Å². The van der Waals surface area contributed by atoms with Gasteiger partial charge in [0.1, 0.15) is 12.1 Å². The molecule has 0 unspecified atom stereocenters. The first-order valence-electron chi connectivity index (χ1n) is 16.7. The van der Waals surface area contributed by atoms with Gasteiger partial charge in [0.2, 0.25) is 0 Å². The Morgan fingerprint density at radius 1 is 0.562 bits per heavy atom. The van der Waals surface area contributed by atoms with Gasteiger partial charge in [-0.15, -0.1) is 0 Å². The summed E-state index contributed by atoms with van der Waals surface area (Å²) in [5.41, 5.74) is 16.4. The van der Waals surface area contributed by atoms with Crippen LogP contribution in [-0.4, -0.2) is 9.97 Å². The molecule has 1 aromatic heterocycles. The molecule has 0 bridgehead atoms. The summed E-state index contributed by atoms with van der Waals surface area (Å²) in [5.74, 6) is 0.922. The summed E-state index contributed by atoms with van der Waals surface area (Å²) in [6.07, 6.45) is 3.44. The third kappa shape index (κ3) is 5.77. The first-order valence-corrected chi connectivity index (χ1v) is 16.7. The maximum absolute atomic E-state index is 4.78. The van der Waals surface area contributed by atoms with Crippen LogP contribution in [0.2, 0.25) is 0 Å². The molecule has 0 aliphatic carbocycles. The van der Waals surface area contributed by atoms with Crippen LogP contribution in [0.3, 0.4) is 0 Å². The minimum Gasteiger partial charge on any atom is -0.294 e. The van der Waals surface area contributed by atoms with Crippen molar-refractivity contribution in [2.24, 2.45) is 0 Å². The SMILES string of the molecule is Cc1cc(C)c(C(c2ccc(N(c3ccncn3)c3ccc4ccccc4c3-c3ccccc3)cc2)c2c(C)cc(C)cc2C)c(C)c1. The molecule has 7 aromatic rings. The Balaban J connectivity index is 1.44. The van der Waals surface area contributed by atoms with Gasteiger partial charge in [-0.3, -0.25) is 4.90 Å². The normalized spacial score (nSPS) is 11.3. The molecule has 0 saturated heterocycles. The van der Waals surface area contributed by atoms with Gasteiger partial charge in [-0.25, -0.2) is 9.97 Å². The third-order valence-electron chi connectivity index (χ3n) is 9.54. The number of aryl methyl sites for hydroxylation is 6. The highest BCUT2D eigenvalue weighted by Gasteiger charge is 2.26. The summed E-state index contributed by atoms with van der Waals surface area (Å²) in [7, 11) is 0. The van der Waals surface area contributed by atoms with Crippen molar-refractivity contribution >= 4 is 28.0 Å². The van der Waals surface area contributed by atoms with Gasteiger partial charge in [0.15, 0.2) is 0 Å². The Morgan fingerprint density at radius 2 is 1.15 bits per heavy atom. The van der Waals surface area contributed by atoms with Crippen LogP contribution >= 0.6 is 0 Å². The van der Waals surface area contributed by atoms with E-state index in [1.165, 1.54) is 66.4 Å². The molecular formula is C45H41N3. The Bertz CT molecular complexity index is 2130. The fraction of sp³-hybridized carbons (Fsp3) is 0.156. The summed E-state index contributed by atoms with van der Waals surface area (Å²) in [4.78, 5) is 11.3. The van der Waals surface area contributed by atoms with Crippen molar-refractivity contribution in [2.45, 2.75) is 47.5 Å². The number of rotatable bonds is 7. The van der Waals surface area contributed by atoms with Gasteiger partial charge >= 0.3 is 0 Å². The lowest BCUT2D eigenvalue weighted by molar-refractivity contribution is 0.919. The molecule has 0 aliphatic heterocycles. The zero-order valence-corrected chi connectivity index (χ0v) is 28.6. The molecule has 0 radical (unpaired) electrons. The molecule has 236 valence electrons. The van der Waals surface area contributed by atoms with Crippen LogP contribution < -0.4 is 4.90 Å². The number of hydrogen-bond donors (Lipinski definition) is 0. The van der Waals surface area contributed by atoms with E-state index in [1.54, 1.807) is 6.33 Å². The summed E-state index contributed by atoms with van der Waals surface area (Å²) in [6.45, 7) is 13.4. The second-order valence-electron chi connectivity index (χ2n) is 13.1. The summed E-state index contributed by atoms with van der Waals surface area (Å²) >= 11 is 0. The average Bonchev–Trinajstić information content (AvgIpc) is 3.08. The van der Waals surface area contributed by atoms with E-state index in [9.17, 15) is 0 Å². The Kier molecular flexibility index (Phi) is 8.37. The molecule has 0 spiro atoms. The molecule has 0 atom stereocenters. The van der Waals surface area contributed by atoms with Gasteiger partial charge in [-0.1, -0.05) is 108 Å². The van der Waals surface area contributed by atoms with Gasteiger partial charge in [-0.05, 0) is 121 Å².